The summed E-state index contributed by atoms with van der Waals surface area (Å²) in [5, 5.41) is 23.6. The number of imidazole rings is 1. The van der Waals surface area contributed by atoms with Gasteiger partial charge < -0.3 is 30.1 Å². The molecule has 13 heteroatoms. The monoisotopic (exact) mass is 451 g/mol. The molecule has 5 N–H and O–H groups in total. The molecule has 0 spiro atoms. The summed E-state index contributed by atoms with van der Waals surface area (Å²) in [5.41, 5.74) is 1.67. The van der Waals surface area contributed by atoms with Crippen LogP contribution in [0.15, 0.2) is 43.0 Å². The van der Waals surface area contributed by atoms with Crippen molar-refractivity contribution in [1.29, 1.82) is 0 Å². The zero-order valence-corrected chi connectivity index (χ0v) is 17.1. The summed E-state index contributed by atoms with van der Waals surface area (Å²) in [5.74, 6) is 0.429. The zero-order chi connectivity index (χ0) is 22.0. The number of phosphoric ester groups is 1. The maximum atomic E-state index is 10.9. The summed E-state index contributed by atoms with van der Waals surface area (Å²) in [4.78, 5) is 30.4. The van der Waals surface area contributed by atoms with E-state index in [1.807, 2.05) is 30.3 Å². The fourth-order valence-electron chi connectivity index (χ4n) is 3.38. The molecule has 4 atom stereocenters. The summed E-state index contributed by atoms with van der Waals surface area (Å²) >= 11 is 0. The minimum absolute atomic E-state index is 0.167. The van der Waals surface area contributed by atoms with Crippen LogP contribution in [0.1, 0.15) is 24.3 Å². The van der Waals surface area contributed by atoms with Crippen LogP contribution in [0.5, 0.6) is 0 Å². The molecule has 166 valence electrons. The molecule has 0 saturated carbocycles. The van der Waals surface area contributed by atoms with Crippen LogP contribution in [-0.2, 0) is 13.8 Å². The Labute approximate surface area is 176 Å². The molecule has 12 nitrogen and oxygen atoms in total. The van der Waals surface area contributed by atoms with Gasteiger partial charge in [0.2, 0.25) is 0 Å². The van der Waals surface area contributed by atoms with Crippen LogP contribution in [0.2, 0.25) is 0 Å². The summed E-state index contributed by atoms with van der Waals surface area (Å²) in [6.45, 7) is -0.239. The van der Waals surface area contributed by atoms with Crippen LogP contribution >= 0.6 is 7.82 Å². The molecule has 31 heavy (non-hydrogen) atoms. The number of aromatic nitrogens is 4. The first-order valence-electron chi connectivity index (χ1n) is 9.50. The molecule has 0 radical (unpaired) electrons. The summed E-state index contributed by atoms with van der Waals surface area (Å²) in [6, 6.07) is 9.21. The van der Waals surface area contributed by atoms with Crippen LogP contribution < -0.4 is 5.32 Å². The highest BCUT2D eigenvalue weighted by atomic mass is 31.2. The third kappa shape index (κ3) is 5.08. The fraction of sp³-hybridized carbons (Fsp3) is 0.389. The number of anilines is 1. The summed E-state index contributed by atoms with van der Waals surface area (Å²) in [7, 11) is -4.67. The van der Waals surface area contributed by atoms with Crippen LogP contribution in [0.25, 0.3) is 11.2 Å². The number of fused-ring (bicyclic) bond motifs is 1. The number of hydrogen-bond donors (Lipinski definition) is 5. The Bertz CT molecular complexity index is 1080. The SMILES string of the molecule is O=P(O)(O)OC[C@H]1O[C@@H](n2cnc3c(NC[C@H](O)c4ccccc4)ncnc32)C[C@@H]1O. The first kappa shape index (κ1) is 21.8. The van der Waals surface area contributed by atoms with Crippen LogP contribution in [0.4, 0.5) is 5.82 Å². The molecule has 0 amide bonds. The lowest BCUT2D eigenvalue weighted by molar-refractivity contribution is -0.0424. The van der Waals surface area contributed by atoms with Gasteiger partial charge in [-0.25, -0.2) is 19.5 Å². The number of ether oxygens (including phenoxy) is 1. The molecule has 1 aliphatic rings. The third-order valence-electron chi connectivity index (χ3n) is 4.93. The van der Waals surface area contributed by atoms with Crippen molar-refractivity contribution in [3.63, 3.8) is 0 Å². The molecule has 0 bridgehead atoms. The Morgan fingerprint density at radius 2 is 2.03 bits per heavy atom. The van der Waals surface area contributed by atoms with Gasteiger partial charge in [-0.05, 0) is 5.56 Å². The Morgan fingerprint density at radius 3 is 2.77 bits per heavy atom. The van der Waals surface area contributed by atoms with Crippen molar-refractivity contribution in [2.24, 2.45) is 0 Å². The molecule has 0 unspecified atom stereocenters. The van der Waals surface area contributed by atoms with Crippen molar-refractivity contribution in [2.75, 3.05) is 18.5 Å². The Hall–Kier alpha value is -2.44. The van der Waals surface area contributed by atoms with E-state index in [2.05, 4.69) is 24.8 Å². The standard InChI is InChI=1S/C18H22N5O7P/c24-12-6-15(30-14(12)8-29-31(26,27)28)23-10-22-16-17(20-9-21-18(16)23)19-7-13(25)11-4-2-1-3-5-11/h1-5,9-10,12-15,24-25H,6-8H2,(H,19,20,21)(H2,26,27,28)/t12-,13-,14+,15+/m0/s1. The number of phosphoric acid groups is 1. The predicted octanol–water partition coefficient (Wildman–Crippen LogP) is 0.729. The van der Waals surface area contributed by atoms with Crippen molar-refractivity contribution in [1.82, 2.24) is 19.5 Å². The van der Waals surface area contributed by atoms with Gasteiger partial charge in [0.1, 0.15) is 18.7 Å². The second kappa shape index (κ2) is 8.97. The number of aliphatic hydroxyl groups is 2. The largest absolute Gasteiger partial charge is 0.469 e. The average Bonchev–Trinajstić information content (AvgIpc) is 3.34. The number of nitrogens with zero attached hydrogens (tertiary/aromatic N) is 4. The maximum absolute atomic E-state index is 10.9. The number of rotatable bonds is 8. The Balaban J connectivity index is 1.47. The van der Waals surface area contributed by atoms with Crippen LogP contribution in [-0.4, -0.2) is 64.9 Å². The normalized spacial score (nSPS) is 22.6. The minimum Gasteiger partial charge on any atom is -0.390 e. The lowest BCUT2D eigenvalue weighted by Crippen LogP contribution is -2.25. The van der Waals surface area contributed by atoms with E-state index in [4.69, 9.17) is 14.5 Å². The van der Waals surface area contributed by atoms with Gasteiger partial charge in [-0.15, -0.1) is 0 Å². The van der Waals surface area contributed by atoms with Gasteiger partial charge in [0, 0.05) is 13.0 Å². The van der Waals surface area contributed by atoms with Crippen molar-refractivity contribution >= 4 is 24.8 Å². The van der Waals surface area contributed by atoms with Gasteiger partial charge in [0.15, 0.2) is 17.0 Å². The summed E-state index contributed by atoms with van der Waals surface area (Å²) in [6.07, 6.45) is -0.274. The van der Waals surface area contributed by atoms with Crippen molar-refractivity contribution in [3.05, 3.63) is 48.5 Å². The van der Waals surface area contributed by atoms with E-state index in [9.17, 15) is 14.8 Å². The number of hydrogen-bond acceptors (Lipinski definition) is 9. The van der Waals surface area contributed by atoms with E-state index in [-0.39, 0.29) is 13.0 Å². The molecular weight excluding hydrogens is 429 g/mol. The van der Waals surface area contributed by atoms with E-state index in [1.165, 1.54) is 12.7 Å². The number of benzene rings is 1. The molecule has 3 heterocycles. The highest BCUT2D eigenvalue weighted by molar-refractivity contribution is 7.46. The highest BCUT2D eigenvalue weighted by Crippen LogP contribution is 2.38. The van der Waals surface area contributed by atoms with Gasteiger partial charge in [0.05, 0.1) is 25.1 Å². The first-order chi connectivity index (χ1) is 14.8. The van der Waals surface area contributed by atoms with Gasteiger partial charge in [-0.3, -0.25) is 9.09 Å². The molecule has 3 aromatic rings. The summed E-state index contributed by atoms with van der Waals surface area (Å²) < 4.78 is 22.6. The Kier molecular flexibility index (Phi) is 6.30. The van der Waals surface area contributed by atoms with E-state index < -0.39 is 39.0 Å². The molecule has 1 aliphatic heterocycles. The van der Waals surface area contributed by atoms with Crippen LogP contribution in [0.3, 0.4) is 0 Å². The zero-order valence-electron chi connectivity index (χ0n) is 16.2. The minimum atomic E-state index is -4.67. The van der Waals surface area contributed by atoms with E-state index in [0.717, 1.165) is 5.56 Å². The van der Waals surface area contributed by atoms with E-state index >= 15 is 0 Å². The van der Waals surface area contributed by atoms with Gasteiger partial charge in [-0.1, -0.05) is 30.3 Å². The average molecular weight is 451 g/mol. The molecule has 1 saturated heterocycles. The fourth-order valence-corrected chi connectivity index (χ4v) is 3.73. The maximum Gasteiger partial charge on any atom is 0.469 e. The van der Waals surface area contributed by atoms with Crippen molar-refractivity contribution in [2.45, 2.75) is 31.0 Å². The lowest BCUT2D eigenvalue weighted by Gasteiger charge is -2.16. The molecule has 4 rings (SSSR count). The van der Waals surface area contributed by atoms with Gasteiger partial charge in [0.25, 0.3) is 0 Å². The molecule has 1 fully saturated rings. The second-order valence-electron chi connectivity index (χ2n) is 7.07. The topological polar surface area (TPSA) is 172 Å². The quantitative estimate of drug-likeness (QED) is 0.306. The third-order valence-corrected chi connectivity index (χ3v) is 5.41. The van der Waals surface area contributed by atoms with E-state index in [0.29, 0.717) is 17.0 Å². The molecular formula is C18H22N5O7P. The molecule has 2 aromatic heterocycles. The smallest absolute Gasteiger partial charge is 0.390 e. The first-order valence-corrected chi connectivity index (χ1v) is 11.0. The lowest BCUT2D eigenvalue weighted by atomic mass is 10.1. The van der Waals surface area contributed by atoms with Crippen molar-refractivity contribution < 1.29 is 33.8 Å². The highest BCUT2D eigenvalue weighted by Gasteiger charge is 2.37. The van der Waals surface area contributed by atoms with Crippen molar-refractivity contribution in [3.8, 4) is 0 Å². The van der Waals surface area contributed by atoms with Gasteiger partial charge >= 0.3 is 7.82 Å². The molecule has 0 aliphatic carbocycles. The second-order valence-corrected chi connectivity index (χ2v) is 8.31. The van der Waals surface area contributed by atoms with E-state index in [1.54, 1.807) is 4.57 Å². The number of nitrogens with one attached hydrogen (secondary N) is 1. The number of aliphatic hydroxyl groups excluding tert-OH is 2. The Morgan fingerprint density at radius 1 is 1.26 bits per heavy atom. The van der Waals surface area contributed by atoms with Crippen LogP contribution in [0, 0.1) is 0 Å². The predicted molar refractivity (Wildman–Crippen MR) is 108 cm³/mol. The molecule has 1 aromatic carbocycles. The van der Waals surface area contributed by atoms with Gasteiger partial charge in [-0.2, -0.15) is 0 Å².